The van der Waals surface area contributed by atoms with Crippen LogP contribution in [-0.2, 0) is 0 Å². The van der Waals surface area contributed by atoms with E-state index in [9.17, 15) is 4.79 Å². The Kier molecular flexibility index (Phi) is 5.50. The van der Waals surface area contributed by atoms with Gasteiger partial charge in [-0.1, -0.05) is 37.6 Å². The number of hydrogen-bond donors (Lipinski definition) is 1. The van der Waals surface area contributed by atoms with Gasteiger partial charge in [0.25, 0.3) is 0 Å². The molecular weight excluding hydrogens is 222 g/mol. The molecule has 0 heterocycles. The van der Waals surface area contributed by atoms with Crippen LogP contribution in [0.15, 0.2) is 24.3 Å². The second kappa shape index (κ2) is 6.66. The molecule has 16 heavy (non-hydrogen) atoms. The van der Waals surface area contributed by atoms with Crippen molar-refractivity contribution in [1.29, 1.82) is 0 Å². The summed E-state index contributed by atoms with van der Waals surface area (Å²) >= 11 is 5.82. The van der Waals surface area contributed by atoms with Crippen molar-refractivity contribution >= 4 is 17.4 Å². The summed E-state index contributed by atoms with van der Waals surface area (Å²) in [6, 6.07) is 7.09. The first-order valence-corrected chi connectivity index (χ1v) is 5.97. The summed E-state index contributed by atoms with van der Waals surface area (Å²) in [5.74, 6) is 0.750. The van der Waals surface area contributed by atoms with E-state index in [1.54, 1.807) is 24.3 Å². The number of nitrogens with one attached hydrogen (secondary N) is 1. The molecular formula is C13H18ClNO. The zero-order valence-corrected chi connectivity index (χ0v) is 10.6. The molecule has 0 fully saturated rings. The van der Waals surface area contributed by atoms with Crippen LogP contribution in [0.25, 0.3) is 0 Å². The van der Waals surface area contributed by atoms with Crippen LogP contribution in [0.2, 0.25) is 5.02 Å². The number of carbonyl (C=O) groups excluding carboxylic acids is 1. The van der Waals surface area contributed by atoms with Gasteiger partial charge in [0.2, 0.25) is 0 Å². The van der Waals surface area contributed by atoms with Gasteiger partial charge in [-0.3, -0.25) is 4.79 Å². The number of benzene rings is 1. The minimum atomic E-state index is 0.138. The summed E-state index contributed by atoms with van der Waals surface area (Å²) in [5.41, 5.74) is 0.693. The molecule has 0 aliphatic rings. The Morgan fingerprint density at radius 3 is 2.81 bits per heavy atom. The highest BCUT2D eigenvalue weighted by Crippen LogP contribution is 2.11. The number of ketones is 1. The average molecular weight is 240 g/mol. The Morgan fingerprint density at radius 1 is 1.44 bits per heavy atom. The van der Waals surface area contributed by atoms with E-state index in [1.165, 1.54) is 0 Å². The van der Waals surface area contributed by atoms with Crippen LogP contribution in [0.5, 0.6) is 0 Å². The molecule has 0 saturated carbocycles. The predicted octanol–water partition coefficient (Wildman–Crippen LogP) is 3.16. The maximum Gasteiger partial charge on any atom is 0.164 e. The van der Waals surface area contributed by atoms with Gasteiger partial charge in [0, 0.05) is 23.6 Å². The summed E-state index contributed by atoms with van der Waals surface area (Å²) < 4.78 is 0. The van der Waals surface area contributed by atoms with E-state index in [0.29, 0.717) is 22.9 Å². The van der Waals surface area contributed by atoms with Gasteiger partial charge in [-0.25, -0.2) is 0 Å². The summed E-state index contributed by atoms with van der Waals surface area (Å²) in [7, 11) is 0. The van der Waals surface area contributed by atoms with Crippen LogP contribution < -0.4 is 5.32 Å². The topological polar surface area (TPSA) is 29.1 Å². The molecule has 0 aliphatic carbocycles. The fourth-order valence-corrected chi connectivity index (χ4v) is 1.59. The van der Waals surface area contributed by atoms with Crippen LogP contribution in [0.1, 0.15) is 30.6 Å². The molecule has 2 nitrogen and oxygen atoms in total. The quantitative estimate of drug-likeness (QED) is 0.610. The average Bonchev–Trinajstić information content (AvgIpc) is 2.24. The minimum absolute atomic E-state index is 0.138. The number of carbonyl (C=O) groups is 1. The molecule has 0 aliphatic heterocycles. The molecule has 88 valence electrons. The molecule has 0 aromatic heterocycles. The van der Waals surface area contributed by atoms with Gasteiger partial charge in [-0.05, 0) is 24.6 Å². The maximum atomic E-state index is 11.7. The van der Waals surface area contributed by atoms with Crippen LogP contribution in [-0.4, -0.2) is 18.9 Å². The van der Waals surface area contributed by atoms with Crippen molar-refractivity contribution in [1.82, 2.24) is 5.32 Å². The SMILES string of the molecule is CC(C)CNCCC(=O)c1cccc(Cl)c1. The first-order chi connectivity index (χ1) is 7.59. The third-order valence-electron chi connectivity index (χ3n) is 2.23. The highest BCUT2D eigenvalue weighted by atomic mass is 35.5. The zero-order chi connectivity index (χ0) is 12.0. The van der Waals surface area contributed by atoms with E-state index < -0.39 is 0 Å². The van der Waals surface area contributed by atoms with Crippen molar-refractivity contribution in [2.75, 3.05) is 13.1 Å². The van der Waals surface area contributed by atoms with E-state index in [4.69, 9.17) is 11.6 Å². The lowest BCUT2D eigenvalue weighted by atomic mass is 10.1. The van der Waals surface area contributed by atoms with E-state index in [-0.39, 0.29) is 5.78 Å². The second-order valence-corrected chi connectivity index (χ2v) is 4.72. The molecule has 0 atom stereocenters. The number of halogens is 1. The number of rotatable bonds is 6. The monoisotopic (exact) mass is 239 g/mol. The molecule has 0 spiro atoms. The van der Waals surface area contributed by atoms with Crippen molar-refractivity contribution in [2.24, 2.45) is 5.92 Å². The van der Waals surface area contributed by atoms with E-state index >= 15 is 0 Å². The van der Waals surface area contributed by atoms with Crippen molar-refractivity contribution in [3.63, 3.8) is 0 Å². The molecule has 1 N–H and O–H groups in total. The number of Topliss-reactive ketones (excluding diaryl/α,β-unsaturated/α-hetero) is 1. The summed E-state index contributed by atoms with van der Waals surface area (Å²) in [6.45, 7) is 5.96. The van der Waals surface area contributed by atoms with Gasteiger partial charge in [0.1, 0.15) is 0 Å². The third kappa shape index (κ3) is 4.77. The molecule has 0 bridgehead atoms. The maximum absolute atomic E-state index is 11.7. The molecule has 0 saturated heterocycles. The van der Waals surface area contributed by atoms with Crippen LogP contribution >= 0.6 is 11.6 Å². The van der Waals surface area contributed by atoms with Crippen LogP contribution in [0.4, 0.5) is 0 Å². The van der Waals surface area contributed by atoms with Crippen molar-refractivity contribution in [3.05, 3.63) is 34.9 Å². The van der Waals surface area contributed by atoms with E-state index in [0.717, 1.165) is 13.1 Å². The van der Waals surface area contributed by atoms with Crippen molar-refractivity contribution in [3.8, 4) is 0 Å². The van der Waals surface area contributed by atoms with Gasteiger partial charge >= 0.3 is 0 Å². The lowest BCUT2D eigenvalue weighted by molar-refractivity contribution is 0.0982. The molecule has 1 aromatic rings. The normalized spacial score (nSPS) is 10.8. The third-order valence-corrected chi connectivity index (χ3v) is 2.46. The fourth-order valence-electron chi connectivity index (χ4n) is 1.40. The fraction of sp³-hybridized carbons (Fsp3) is 0.462. The van der Waals surface area contributed by atoms with Crippen molar-refractivity contribution < 1.29 is 4.79 Å². The molecule has 0 radical (unpaired) electrons. The largest absolute Gasteiger partial charge is 0.316 e. The first-order valence-electron chi connectivity index (χ1n) is 5.59. The Morgan fingerprint density at radius 2 is 2.19 bits per heavy atom. The highest BCUT2D eigenvalue weighted by Gasteiger charge is 2.05. The van der Waals surface area contributed by atoms with Crippen LogP contribution in [0, 0.1) is 5.92 Å². The van der Waals surface area contributed by atoms with Crippen LogP contribution in [0.3, 0.4) is 0 Å². The second-order valence-electron chi connectivity index (χ2n) is 4.28. The van der Waals surface area contributed by atoms with Crippen molar-refractivity contribution in [2.45, 2.75) is 20.3 Å². The summed E-state index contributed by atoms with van der Waals surface area (Å²) in [4.78, 5) is 11.7. The lowest BCUT2D eigenvalue weighted by Gasteiger charge is -2.06. The summed E-state index contributed by atoms with van der Waals surface area (Å²) in [5, 5.41) is 3.86. The minimum Gasteiger partial charge on any atom is -0.316 e. The van der Waals surface area contributed by atoms with Gasteiger partial charge in [0.15, 0.2) is 5.78 Å². The molecule has 0 unspecified atom stereocenters. The first kappa shape index (κ1) is 13.2. The standard InChI is InChI=1S/C13H18ClNO/c1-10(2)9-15-7-6-13(16)11-4-3-5-12(14)8-11/h3-5,8,10,15H,6-7,9H2,1-2H3. The van der Waals surface area contributed by atoms with Gasteiger partial charge in [0.05, 0.1) is 0 Å². The van der Waals surface area contributed by atoms with Gasteiger partial charge < -0.3 is 5.32 Å². The Hall–Kier alpha value is -0.860. The van der Waals surface area contributed by atoms with Gasteiger partial charge in [-0.15, -0.1) is 0 Å². The van der Waals surface area contributed by atoms with E-state index in [2.05, 4.69) is 19.2 Å². The number of hydrogen-bond acceptors (Lipinski definition) is 2. The Balaban J connectivity index is 2.35. The molecule has 0 amide bonds. The lowest BCUT2D eigenvalue weighted by Crippen LogP contribution is -2.22. The Bertz CT molecular complexity index is 350. The predicted molar refractivity (Wildman–Crippen MR) is 68.1 cm³/mol. The van der Waals surface area contributed by atoms with Gasteiger partial charge in [-0.2, -0.15) is 0 Å². The molecule has 1 aromatic carbocycles. The highest BCUT2D eigenvalue weighted by molar-refractivity contribution is 6.31. The zero-order valence-electron chi connectivity index (χ0n) is 9.79. The molecule has 1 rings (SSSR count). The summed E-state index contributed by atoms with van der Waals surface area (Å²) in [6.07, 6.45) is 0.521. The Labute approximate surface area is 102 Å². The smallest absolute Gasteiger partial charge is 0.164 e. The van der Waals surface area contributed by atoms with E-state index in [1.807, 2.05) is 0 Å². The molecule has 3 heteroatoms.